The maximum Gasteiger partial charge on any atom is 0.198 e. The van der Waals surface area contributed by atoms with E-state index in [2.05, 4.69) is 39.2 Å². The van der Waals surface area contributed by atoms with E-state index in [0.29, 0.717) is 16.6 Å². The molecule has 0 amide bonds. The summed E-state index contributed by atoms with van der Waals surface area (Å²) < 4.78 is 27.6. The molecule has 1 atom stereocenters. The fraction of sp³-hybridized carbons (Fsp3) is 0.696. The van der Waals surface area contributed by atoms with E-state index in [1.807, 2.05) is 19.1 Å². The van der Waals surface area contributed by atoms with Crippen LogP contribution in [0, 0.1) is 12.8 Å². The van der Waals surface area contributed by atoms with Crippen molar-refractivity contribution in [3.05, 3.63) is 35.7 Å². The topological polar surface area (TPSA) is 84.2 Å². The van der Waals surface area contributed by atoms with Crippen molar-refractivity contribution in [3.63, 3.8) is 0 Å². The molecule has 1 saturated carbocycles. The fourth-order valence-corrected chi connectivity index (χ4v) is 6.28. The highest BCUT2D eigenvalue weighted by Crippen LogP contribution is 2.30. The molecular formula is C23H36N6O2S. The minimum absolute atomic E-state index is 0.0175. The molecule has 4 rings (SSSR count). The van der Waals surface area contributed by atoms with E-state index in [4.69, 9.17) is 0 Å². The Morgan fingerprint density at radius 3 is 2.31 bits per heavy atom. The number of hydrogen-bond acceptors (Lipinski definition) is 7. The zero-order valence-corrected chi connectivity index (χ0v) is 20.3. The first-order valence-corrected chi connectivity index (χ1v) is 13.5. The second-order valence-electron chi connectivity index (χ2n) is 9.75. The summed E-state index contributed by atoms with van der Waals surface area (Å²) in [6.45, 7) is 10.4. The Labute approximate surface area is 191 Å². The van der Waals surface area contributed by atoms with Crippen molar-refractivity contribution in [1.82, 2.24) is 30.0 Å². The minimum atomic E-state index is -3.54. The molecule has 0 bridgehead atoms. The molecule has 2 fully saturated rings. The first-order valence-electron chi connectivity index (χ1n) is 11.9. The molecule has 1 aliphatic carbocycles. The summed E-state index contributed by atoms with van der Waals surface area (Å²) >= 11 is 0. The first-order chi connectivity index (χ1) is 15.3. The molecule has 0 N–H and O–H groups in total. The van der Waals surface area contributed by atoms with E-state index in [-0.39, 0.29) is 11.9 Å². The lowest BCUT2D eigenvalue weighted by Gasteiger charge is -2.41. The van der Waals surface area contributed by atoms with Crippen LogP contribution in [0.5, 0.6) is 0 Å². The molecule has 2 aromatic rings. The standard InChI is InChI=1S/C23H36N6O2S/c1-18(2)16-22(28-14-12-27(13-15-28)20-6-4-5-7-20)23-24-25-26-29(23)17-32(30,31)21-10-8-19(3)9-11-21/h8-11,18,20,22H,4-7,12-17H2,1-3H3/t22-/m1/s1. The van der Waals surface area contributed by atoms with E-state index in [1.165, 1.54) is 30.4 Å². The Kier molecular flexibility index (Phi) is 7.27. The Bertz CT molecular complexity index is 974. The molecule has 176 valence electrons. The predicted octanol–water partition coefficient (Wildman–Crippen LogP) is 3.06. The molecule has 0 radical (unpaired) electrons. The number of benzene rings is 1. The number of aromatic nitrogens is 4. The molecule has 8 nitrogen and oxygen atoms in total. The molecule has 1 aromatic carbocycles. The predicted molar refractivity (Wildman–Crippen MR) is 124 cm³/mol. The molecule has 2 aliphatic rings. The van der Waals surface area contributed by atoms with Gasteiger partial charge in [-0.05, 0) is 54.7 Å². The molecule has 2 heterocycles. The largest absolute Gasteiger partial charge is 0.298 e. The van der Waals surface area contributed by atoms with Crippen LogP contribution >= 0.6 is 0 Å². The van der Waals surface area contributed by atoms with Crippen LogP contribution in [0.2, 0.25) is 0 Å². The number of aryl methyl sites for hydroxylation is 1. The normalized spacial score (nSPS) is 20.2. The number of piperazine rings is 1. The molecule has 0 unspecified atom stereocenters. The number of tetrazole rings is 1. The van der Waals surface area contributed by atoms with Gasteiger partial charge in [0.15, 0.2) is 21.5 Å². The lowest BCUT2D eigenvalue weighted by atomic mass is 10.0. The highest BCUT2D eigenvalue weighted by molar-refractivity contribution is 7.90. The van der Waals surface area contributed by atoms with Gasteiger partial charge in [-0.2, -0.15) is 0 Å². The van der Waals surface area contributed by atoms with Crippen molar-refractivity contribution in [1.29, 1.82) is 0 Å². The maximum atomic E-state index is 13.0. The third-order valence-electron chi connectivity index (χ3n) is 6.86. The zero-order chi connectivity index (χ0) is 22.7. The quantitative estimate of drug-likeness (QED) is 0.598. The van der Waals surface area contributed by atoms with Crippen molar-refractivity contribution < 1.29 is 8.42 Å². The van der Waals surface area contributed by atoms with E-state index in [9.17, 15) is 8.42 Å². The number of hydrogen-bond donors (Lipinski definition) is 0. The summed E-state index contributed by atoms with van der Waals surface area (Å²) in [6, 6.07) is 7.71. The minimum Gasteiger partial charge on any atom is -0.298 e. The van der Waals surface area contributed by atoms with Crippen LogP contribution in [0.4, 0.5) is 0 Å². The monoisotopic (exact) mass is 460 g/mol. The fourth-order valence-electron chi connectivity index (χ4n) is 5.07. The first kappa shape index (κ1) is 23.3. The molecule has 1 aromatic heterocycles. The van der Waals surface area contributed by atoms with Gasteiger partial charge in [-0.3, -0.25) is 9.80 Å². The van der Waals surface area contributed by atoms with E-state index in [1.54, 1.807) is 12.1 Å². The van der Waals surface area contributed by atoms with Gasteiger partial charge in [0.05, 0.1) is 10.9 Å². The van der Waals surface area contributed by atoms with E-state index in [0.717, 1.165) is 44.2 Å². The Balaban J connectivity index is 1.51. The second-order valence-corrected chi connectivity index (χ2v) is 11.7. The van der Waals surface area contributed by atoms with E-state index < -0.39 is 9.84 Å². The maximum absolute atomic E-state index is 13.0. The summed E-state index contributed by atoms with van der Waals surface area (Å²) in [5.74, 6) is 0.866. The Hall–Kier alpha value is -1.84. The zero-order valence-electron chi connectivity index (χ0n) is 19.5. The van der Waals surface area contributed by atoms with Crippen LogP contribution < -0.4 is 0 Å². The van der Waals surface area contributed by atoms with Gasteiger partial charge in [0, 0.05) is 32.2 Å². The smallest absolute Gasteiger partial charge is 0.198 e. The molecule has 1 aliphatic heterocycles. The molecule has 32 heavy (non-hydrogen) atoms. The summed E-state index contributed by atoms with van der Waals surface area (Å²) in [5, 5.41) is 12.3. The van der Waals surface area contributed by atoms with E-state index >= 15 is 0 Å². The van der Waals surface area contributed by atoms with Crippen molar-refractivity contribution in [2.24, 2.45) is 5.92 Å². The third-order valence-corrected chi connectivity index (χ3v) is 8.43. The van der Waals surface area contributed by atoms with Crippen LogP contribution in [-0.2, 0) is 15.7 Å². The SMILES string of the molecule is Cc1ccc(S(=O)(=O)Cn2nnnc2[C@@H](CC(C)C)N2CCN(C3CCCC3)CC2)cc1. The van der Waals surface area contributed by atoms with Crippen LogP contribution in [-0.4, -0.2) is 70.6 Å². The summed E-state index contributed by atoms with van der Waals surface area (Å²) in [7, 11) is -3.54. The van der Waals surface area contributed by atoms with Gasteiger partial charge >= 0.3 is 0 Å². The number of sulfone groups is 1. The molecule has 0 spiro atoms. The van der Waals surface area contributed by atoms with Gasteiger partial charge in [-0.25, -0.2) is 13.1 Å². The lowest BCUT2D eigenvalue weighted by Crippen LogP contribution is -2.51. The number of nitrogens with zero attached hydrogens (tertiary/aromatic N) is 6. The van der Waals surface area contributed by atoms with Crippen molar-refractivity contribution >= 4 is 9.84 Å². The highest BCUT2D eigenvalue weighted by Gasteiger charge is 2.33. The molecule has 9 heteroatoms. The summed E-state index contributed by atoms with van der Waals surface area (Å²) in [5.41, 5.74) is 1.03. The average Bonchev–Trinajstić information content (AvgIpc) is 3.45. The Morgan fingerprint density at radius 1 is 1.03 bits per heavy atom. The van der Waals surface area contributed by atoms with Gasteiger partial charge in [0.1, 0.15) is 0 Å². The van der Waals surface area contributed by atoms with Crippen LogP contribution in [0.1, 0.15) is 63.4 Å². The van der Waals surface area contributed by atoms with Gasteiger partial charge in [0.25, 0.3) is 0 Å². The highest BCUT2D eigenvalue weighted by atomic mass is 32.2. The van der Waals surface area contributed by atoms with Crippen molar-refractivity contribution in [3.8, 4) is 0 Å². The van der Waals surface area contributed by atoms with Crippen LogP contribution in [0.15, 0.2) is 29.2 Å². The second kappa shape index (κ2) is 9.97. The molecule has 1 saturated heterocycles. The van der Waals surface area contributed by atoms with Gasteiger partial charge in [0.2, 0.25) is 0 Å². The van der Waals surface area contributed by atoms with Crippen LogP contribution in [0.3, 0.4) is 0 Å². The average molecular weight is 461 g/mol. The Morgan fingerprint density at radius 2 is 1.69 bits per heavy atom. The van der Waals surface area contributed by atoms with Crippen LogP contribution in [0.25, 0.3) is 0 Å². The van der Waals surface area contributed by atoms with Gasteiger partial charge in [-0.1, -0.05) is 44.4 Å². The van der Waals surface area contributed by atoms with Gasteiger partial charge < -0.3 is 0 Å². The van der Waals surface area contributed by atoms with Crippen molar-refractivity contribution in [2.75, 3.05) is 26.2 Å². The van der Waals surface area contributed by atoms with Gasteiger partial charge in [-0.15, -0.1) is 5.10 Å². The lowest BCUT2D eigenvalue weighted by molar-refractivity contribution is 0.0589. The third kappa shape index (κ3) is 5.38. The number of rotatable bonds is 8. The summed E-state index contributed by atoms with van der Waals surface area (Å²) in [4.78, 5) is 5.39. The molecular weight excluding hydrogens is 424 g/mol. The summed E-state index contributed by atoms with van der Waals surface area (Å²) in [6.07, 6.45) is 6.25. The van der Waals surface area contributed by atoms with Crippen molar-refractivity contribution in [2.45, 2.75) is 75.7 Å².